The molecule has 0 spiro atoms. The standard InChI is InChI=1S/C19H24N4O/c24-19(9-18-8-16-5-6-17(18)7-16)21-10-14-1-3-15(4-2-14)11-23-13-20-12-22-23/h1-4,12-13,16-18H,5-11H2,(H,21,24). The van der Waals surface area contributed by atoms with Gasteiger partial charge in [0.25, 0.3) is 0 Å². The van der Waals surface area contributed by atoms with Crippen LogP contribution in [0.25, 0.3) is 0 Å². The van der Waals surface area contributed by atoms with E-state index in [1.54, 1.807) is 17.3 Å². The van der Waals surface area contributed by atoms with Crippen LogP contribution in [0.4, 0.5) is 0 Å². The van der Waals surface area contributed by atoms with Crippen molar-refractivity contribution in [1.82, 2.24) is 20.1 Å². The molecule has 1 aromatic heterocycles. The fourth-order valence-electron chi connectivity index (χ4n) is 4.40. The monoisotopic (exact) mass is 324 g/mol. The third-order valence-corrected chi connectivity index (χ3v) is 5.66. The highest BCUT2D eigenvalue weighted by molar-refractivity contribution is 5.76. The van der Waals surface area contributed by atoms with Gasteiger partial charge in [-0.2, -0.15) is 5.10 Å². The summed E-state index contributed by atoms with van der Waals surface area (Å²) in [5.74, 6) is 2.56. The van der Waals surface area contributed by atoms with Crippen LogP contribution in [0.2, 0.25) is 0 Å². The fourth-order valence-corrected chi connectivity index (χ4v) is 4.40. The molecule has 5 nitrogen and oxygen atoms in total. The summed E-state index contributed by atoms with van der Waals surface area (Å²) in [7, 11) is 0. The summed E-state index contributed by atoms with van der Waals surface area (Å²) in [6.45, 7) is 1.33. The summed E-state index contributed by atoms with van der Waals surface area (Å²) in [5.41, 5.74) is 2.32. The highest BCUT2D eigenvalue weighted by atomic mass is 16.1. The number of fused-ring (bicyclic) bond motifs is 2. The summed E-state index contributed by atoms with van der Waals surface area (Å²) in [4.78, 5) is 16.1. The number of aromatic nitrogens is 3. The lowest BCUT2D eigenvalue weighted by atomic mass is 9.86. The Balaban J connectivity index is 1.24. The Hall–Kier alpha value is -2.17. The van der Waals surface area contributed by atoms with E-state index >= 15 is 0 Å². The van der Waals surface area contributed by atoms with Crippen LogP contribution in [0, 0.1) is 17.8 Å². The minimum Gasteiger partial charge on any atom is -0.352 e. The molecule has 3 unspecified atom stereocenters. The topological polar surface area (TPSA) is 59.8 Å². The van der Waals surface area contributed by atoms with E-state index in [1.165, 1.54) is 31.2 Å². The first kappa shape index (κ1) is 15.4. The zero-order chi connectivity index (χ0) is 16.4. The molecule has 2 aromatic rings. The Labute approximate surface area is 142 Å². The van der Waals surface area contributed by atoms with Crippen LogP contribution in [0.15, 0.2) is 36.9 Å². The van der Waals surface area contributed by atoms with E-state index in [-0.39, 0.29) is 5.91 Å². The number of nitrogens with one attached hydrogen (secondary N) is 1. The fraction of sp³-hybridized carbons (Fsp3) is 0.526. The maximum Gasteiger partial charge on any atom is 0.220 e. The van der Waals surface area contributed by atoms with Crippen LogP contribution in [0.1, 0.15) is 43.2 Å². The minimum absolute atomic E-state index is 0.208. The van der Waals surface area contributed by atoms with Gasteiger partial charge >= 0.3 is 0 Å². The van der Waals surface area contributed by atoms with E-state index in [0.717, 1.165) is 23.9 Å². The minimum atomic E-state index is 0.208. The first-order valence-corrected chi connectivity index (χ1v) is 8.93. The molecule has 1 heterocycles. The van der Waals surface area contributed by atoms with Crippen LogP contribution in [-0.4, -0.2) is 20.7 Å². The molecule has 126 valence electrons. The second-order valence-corrected chi connectivity index (χ2v) is 7.33. The Bertz CT molecular complexity index is 680. The molecule has 1 aromatic carbocycles. The summed E-state index contributed by atoms with van der Waals surface area (Å²) in [6.07, 6.45) is 9.34. The number of hydrogen-bond donors (Lipinski definition) is 1. The van der Waals surface area contributed by atoms with Gasteiger partial charge in [0.05, 0.1) is 6.54 Å². The molecule has 3 atom stereocenters. The predicted molar refractivity (Wildman–Crippen MR) is 91.0 cm³/mol. The molecular formula is C19H24N4O. The quantitative estimate of drug-likeness (QED) is 0.889. The number of benzene rings is 1. The van der Waals surface area contributed by atoms with Gasteiger partial charge in [0.15, 0.2) is 0 Å². The van der Waals surface area contributed by atoms with Gasteiger partial charge in [-0.25, -0.2) is 9.67 Å². The van der Waals surface area contributed by atoms with Crippen LogP contribution in [-0.2, 0) is 17.9 Å². The van der Waals surface area contributed by atoms with Crippen molar-refractivity contribution >= 4 is 5.91 Å². The molecule has 2 aliphatic rings. The Morgan fingerprint density at radius 2 is 2.00 bits per heavy atom. The smallest absolute Gasteiger partial charge is 0.220 e. The van der Waals surface area contributed by atoms with Gasteiger partial charge in [-0.05, 0) is 48.1 Å². The molecule has 2 saturated carbocycles. The first-order valence-electron chi connectivity index (χ1n) is 8.93. The molecule has 2 bridgehead atoms. The maximum atomic E-state index is 12.2. The predicted octanol–water partition coefficient (Wildman–Crippen LogP) is 2.77. The SMILES string of the molecule is O=C(CC1CC2CCC1C2)NCc1ccc(Cn2cncn2)cc1. The zero-order valence-corrected chi connectivity index (χ0v) is 13.9. The third-order valence-electron chi connectivity index (χ3n) is 5.66. The number of hydrogen-bond acceptors (Lipinski definition) is 3. The average Bonchev–Trinajstić information content (AvgIpc) is 3.32. The van der Waals surface area contributed by atoms with E-state index in [4.69, 9.17) is 0 Å². The molecule has 5 heteroatoms. The number of carbonyl (C=O) groups excluding carboxylic acids is 1. The largest absolute Gasteiger partial charge is 0.352 e. The molecule has 2 aliphatic carbocycles. The summed E-state index contributed by atoms with van der Waals surface area (Å²) in [6, 6.07) is 8.31. The van der Waals surface area contributed by atoms with Gasteiger partial charge < -0.3 is 5.32 Å². The van der Waals surface area contributed by atoms with Gasteiger partial charge in [0, 0.05) is 13.0 Å². The van der Waals surface area contributed by atoms with Crippen molar-refractivity contribution in [3.63, 3.8) is 0 Å². The van der Waals surface area contributed by atoms with E-state index in [1.807, 2.05) is 0 Å². The molecule has 24 heavy (non-hydrogen) atoms. The Kier molecular flexibility index (Phi) is 4.32. The zero-order valence-electron chi connectivity index (χ0n) is 13.9. The van der Waals surface area contributed by atoms with Crippen LogP contribution in [0.5, 0.6) is 0 Å². The van der Waals surface area contributed by atoms with E-state index < -0.39 is 0 Å². The van der Waals surface area contributed by atoms with Crippen molar-refractivity contribution in [1.29, 1.82) is 0 Å². The molecule has 0 saturated heterocycles. The highest BCUT2D eigenvalue weighted by Gasteiger charge is 2.39. The molecule has 1 amide bonds. The lowest BCUT2D eigenvalue weighted by Crippen LogP contribution is -2.26. The van der Waals surface area contributed by atoms with Crippen molar-refractivity contribution in [2.45, 2.75) is 45.2 Å². The second-order valence-electron chi connectivity index (χ2n) is 7.33. The van der Waals surface area contributed by atoms with Crippen molar-refractivity contribution in [2.75, 3.05) is 0 Å². The second kappa shape index (κ2) is 6.75. The first-order chi connectivity index (χ1) is 11.8. The van der Waals surface area contributed by atoms with Crippen LogP contribution < -0.4 is 5.32 Å². The molecule has 0 aliphatic heterocycles. The number of carbonyl (C=O) groups is 1. The van der Waals surface area contributed by atoms with E-state index in [0.29, 0.717) is 18.9 Å². The normalized spacial score (nSPS) is 25.1. The van der Waals surface area contributed by atoms with Crippen molar-refractivity contribution in [3.8, 4) is 0 Å². The van der Waals surface area contributed by atoms with Crippen molar-refractivity contribution in [2.24, 2.45) is 17.8 Å². The van der Waals surface area contributed by atoms with Crippen molar-refractivity contribution < 1.29 is 4.79 Å². The average molecular weight is 324 g/mol. The third kappa shape index (κ3) is 3.50. The van der Waals surface area contributed by atoms with Crippen molar-refractivity contribution in [3.05, 3.63) is 48.0 Å². The molecule has 1 N–H and O–H groups in total. The number of nitrogens with zero attached hydrogens (tertiary/aromatic N) is 3. The highest BCUT2D eigenvalue weighted by Crippen LogP contribution is 2.49. The van der Waals surface area contributed by atoms with Gasteiger partial charge in [-0.15, -0.1) is 0 Å². The number of amides is 1. The summed E-state index contributed by atoms with van der Waals surface area (Å²) in [5, 5.41) is 7.19. The Morgan fingerprint density at radius 1 is 1.17 bits per heavy atom. The van der Waals surface area contributed by atoms with Crippen LogP contribution >= 0.6 is 0 Å². The van der Waals surface area contributed by atoms with Gasteiger partial charge in [-0.1, -0.05) is 30.7 Å². The molecule has 4 rings (SSSR count). The van der Waals surface area contributed by atoms with Gasteiger partial charge in [-0.3, -0.25) is 4.79 Å². The molecule has 0 radical (unpaired) electrons. The molecule has 2 fully saturated rings. The maximum absolute atomic E-state index is 12.2. The Morgan fingerprint density at radius 3 is 2.67 bits per heavy atom. The van der Waals surface area contributed by atoms with Gasteiger partial charge in [0.1, 0.15) is 12.7 Å². The van der Waals surface area contributed by atoms with Crippen LogP contribution in [0.3, 0.4) is 0 Å². The summed E-state index contributed by atoms with van der Waals surface area (Å²) >= 11 is 0. The number of rotatable bonds is 6. The molecular weight excluding hydrogens is 300 g/mol. The lowest BCUT2D eigenvalue weighted by molar-refractivity contribution is -0.122. The lowest BCUT2D eigenvalue weighted by Gasteiger charge is -2.20. The van der Waals surface area contributed by atoms with E-state index in [2.05, 4.69) is 39.7 Å². The van der Waals surface area contributed by atoms with Gasteiger partial charge in [0.2, 0.25) is 5.91 Å². The summed E-state index contributed by atoms with van der Waals surface area (Å²) < 4.78 is 1.80. The van der Waals surface area contributed by atoms with E-state index in [9.17, 15) is 4.79 Å².